The second-order valence-electron chi connectivity index (χ2n) is 6.33. The largest absolute Gasteiger partial charge is 0.465 e. The number of fused-ring (bicyclic) bond motifs is 1. The maximum atomic E-state index is 12.4. The van der Waals surface area contributed by atoms with Gasteiger partial charge in [-0.3, -0.25) is 14.5 Å². The summed E-state index contributed by atoms with van der Waals surface area (Å²) in [6.07, 6.45) is 2.30. The Morgan fingerprint density at radius 3 is 2.13 bits per heavy atom. The quantitative estimate of drug-likeness (QED) is 0.869. The third-order valence-corrected chi connectivity index (χ3v) is 4.98. The van der Waals surface area contributed by atoms with Crippen molar-refractivity contribution in [2.45, 2.75) is 31.7 Å². The first-order valence-corrected chi connectivity index (χ1v) is 7.90. The zero-order chi connectivity index (χ0) is 16.6. The van der Waals surface area contributed by atoms with E-state index >= 15 is 0 Å². The molecule has 0 unspecified atom stereocenters. The molecule has 1 N–H and O–H groups in total. The predicted octanol–water partition coefficient (Wildman–Crippen LogP) is 2.45. The van der Waals surface area contributed by atoms with Crippen LogP contribution in [0.3, 0.4) is 0 Å². The standard InChI is InChI=1S/C17H20N2O4/c1-18(17(22)23)12-8-6-11(7-9-12)10-19-15(20)13-4-2-3-5-14(13)16(19)21/h2-5,11-12H,6-10H2,1H3,(H,22,23). The summed E-state index contributed by atoms with van der Waals surface area (Å²) in [5.74, 6) is -0.179. The van der Waals surface area contributed by atoms with Gasteiger partial charge in [0.1, 0.15) is 0 Å². The second-order valence-corrected chi connectivity index (χ2v) is 6.33. The molecule has 0 radical (unpaired) electrons. The zero-order valence-corrected chi connectivity index (χ0v) is 13.1. The molecule has 1 saturated carbocycles. The minimum absolute atomic E-state index is 0.0333. The van der Waals surface area contributed by atoms with E-state index < -0.39 is 6.09 Å². The van der Waals surface area contributed by atoms with Crippen LogP contribution in [0.4, 0.5) is 4.79 Å². The Balaban J connectivity index is 1.61. The lowest BCUT2D eigenvalue weighted by atomic mass is 9.85. The number of amides is 3. The lowest BCUT2D eigenvalue weighted by Gasteiger charge is -2.34. The smallest absolute Gasteiger partial charge is 0.407 e. The number of carboxylic acid groups (broad SMARTS) is 1. The second kappa shape index (κ2) is 6.02. The fourth-order valence-corrected chi connectivity index (χ4v) is 3.53. The van der Waals surface area contributed by atoms with Crippen molar-refractivity contribution in [3.8, 4) is 0 Å². The molecule has 23 heavy (non-hydrogen) atoms. The number of hydrogen-bond donors (Lipinski definition) is 1. The first-order chi connectivity index (χ1) is 11.0. The number of imide groups is 1. The van der Waals surface area contributed by atoms with Gasteiger partial charge < -0.3 is 10.0 Å². The minimum Gasteiger partial charge on any atom is -0.465 e. The molecule has 6 heteroatoms. The Hall–Kier alpha value is -2.37. The van der Waals surface area contributed by atoms with Crippen molar-refractivity contribution in [1.82, 2.24) is 9.80 Å². The molecule has 1 aromatic carbocycles. The highest BCUT2D eigenvalue weighted by Gasteiger charge is 2.37. The van der Waals surface area contributed by atoms with E-state index in [0.717, 1.165) is 25.7 Å². The van der Waals surface area contributed by atoms with E-state index in [1.54, 1.807) is 31.3 Å². The first-order valence-electron chi connectivity index (χ1n) is 7.90. The molecule has 3 amide bonds. The van der Waals surface area contributed by atoms with Crippen LogP contribution in [0.1, 0.15) is 46.4 Å². The van der Waals surface area contributed by atoms with Gasteiger partial charge in [0.2, 0.25) is 0 Å². The molecule has 1 aromatic rings. The number of nitrogens with zero attached hydrogens (tertiary/aromatic N) is 2. The lowest BCUT2D eigenvalue weighted by Crippen LogP contribution is -2.41. The monoisotopic (exact) mass is 316 g/mol. The molecule has 0 spiro atoms. The fourth-order valence-electron chi connectivity index (χ4n) is 3.53. The van der Waals surface area contributed by atoms with Crippen LogP contribution in [0.15, 0.2) is 24.3 Å². The lowest BCUT2D eigenvalue weighted by molar-refractivity contribution is 0.0602. The summed E-state index contributed by atoms with van der Waals surface area (Å²) in [6.45, 7) is 0.426. The average Bonchev–Trinajstić information content (AvgIpc) is 2.80. The molecule has 1 aliphatic carbocycles. The Morgan fingerprint density at radius 1 is 1.13 bits per heavy atom. The van der Waals surface area contributed by atoms with Crippen molar-refractivity contribution in [3.63, 3.8) is 0 Å². The van der Waals surface area contributed by atoms with Gasteiger partial charge in [-0.1, -0.05) is 12.1 Å². The molecule has 1 aliphatic heterocycles. The number of hydrogen-bond acceptors (Lipinski definition) is 3. The summed E-state index contributed by atoms with van der Waals surface area (Å²) in [7, 11) is 1.59. The Kier molecular flexibility index (Phi) is 4.07. The third-order valence-electron chi connectivity index (χ3n) is 4.98. The van der Waals surface area contributed by atoms with Crippen molar-refractivity contribution < 1.29 is 19.5 Å². The van der Waals surface area contributed by atoms with Crippen molar-refractivity contribution in [1.29, 1.82) is 0 Å². The first kappa shape index (κ1) is 15.5. The van der Waals surface area contributed by atoms with Gasteiger partial charge in [0.05, 0.1) is 11.1 Å². The van der Waals surface area contributed by atoms with Crippen LogP contribution < -0.4 is 0 Å². The molecule has 0 bridgehead atoms. The molecule has 0 atom stereocenters. The van der Waals surface area contributed by atoms with Gasteiger partial charge in [-0.05, 0) is 43.7 Å². The molecule has 0 aromatic heterocycles. The number of benzene rings is 1. The van der Waals surface area contributed by atoms with Gasteiger partial charge in [0.25, 0.3) is 11.8 Å². The summed E-state index contributed by atoms with van der Waals surface area (Å²) in [4.78, 5) is 38.4. The maximum Gasteiger partial charge on any atom is 0.407 e. The van der Waals surface area contributed by atoms with E-state index in [0.29, 0.717) is 17.7 Å². The van der Waals surface area contributed by atoms with Crippen LogP contribution in [0, 0.1) is 5.92 Å². The molecular weight excluding hydrogens is 296 g/mol. The number of rotatable bonds is 3. The number of carbonyl (C=O) groups excluding carboxylic acids is 2. The summed E-state index contributed by atoms with van der Waals surface area (Å²) in [5.41, 5.74) is 0.966. The molecule has 0 saturated heterocycles. The normalized spacial score (nSPS) is 23.8. The maximum absolute atomic E-state index is 12.4. The Morgan fingerprint density at radius 2 is 1.65 bits per heavy atom. The molecule has 2 aliphatic rings. The summed E-state index contributed by atoms with van der Waals surface area (Å²) in [6, 6.07) is 6.94. The Labute approximate surface area is 134 Å². The van der Waals surface area contributed by atoms with Gasteiger partial charge in [-0.25, -0.2) is 4.79 Å². The van der Waals surface area contributed by atoms with Crippen LogP contribution in [0.2, 0.25) is 0 Å². The molecule has 3 rings (SSSR count). The van der Waals surface area contributed by atoms with Gasteiger partial charge in [0, 0.05) is 19.6 Å². The van der Waals surface area contributed by atoms with E-state index in [1.807, 2.05) is 0 Å². The summed E-state index contributed by atoms with van der Waals surface area (Å²) in [5, 5.41) is 9.03. The van der Waals surface area contributed by atoms with Crippen LogP contribution >= 0.6 is 0 Å². The molecule has 1 fully saturated rings. The zero-order valence-electron chi connectivity index (χ0n) is 13.1. The van der Waals surface area contributed by atoms with E-state index in [2.05, 4.69) is 0 Å². The molecular formula is C17H20N2O4. The van der Waals surface area contributed by atoms with Crippen LogP contribution in [-0.4, -0.2) is 52.4 Å². The van der Waals surface area contributed by atoms with Gasteiger partial charge in [-0.2, -0.15) is 0 Å². The Bertz CT molecular complexity index is 615. The molecule has 122 valence electrons. The van der Waals surface area contributed by atoms with Crippen molar-refractivity contribution in [2.24, 2.45) is 5.92 Å². The van der Waals surface area contributed by atoms with Gasteiger partial charge >= 0.3 is 6.09 Å². The van der Waals surface area contributed by atoms with Crippen molar-refractivity contribution >= 4 is 17.9 Å². The highest BCUT2D eigenvalue weighted by molar-refractivity contribution is 6.21. The van der Waals surface area contributed by atoms with Crippen LogP contribution in [0.5, 0.6) is 0 Å². The fraction of sp³-hybridized carbons (Fsp3) is 0.471. The van der Waals surface area contributed by atoms with Crippen molar-refractivity contribution in [3.05, 3.63) is 35.4 Å². The van der Waals surface area contributed by atoms with Crippen molar-refractivity contribution in [2.75, 3.05) is 13.6 Å². The van der Waals surface area contributed by atoms with Gasteiger partial charge in [-0.15, -0.1) is 0 Å². The van der Waals surface area contributed by atoms with Crippen LogP contribution in [0.25, 0.3) is 0 Å². The molecule has 6 nitrogen and oxygen atoms in total. The minimum atomic E-state index is -0.909. The van der Waals surface area contributed by atoms with E-state index in [-0.39, 0.29) is 23.8 Å². The topological polar surface area (TPSA) is 77.9 Å². The molecule has 1 heterocycles. The average molecular weight is 316 g/mol. The van der Waals surface area contributed by atoms with E-state index in [9.17, 15) is 14.4 Å². The van der Waals surface area contributed by atoms with E-state index in [4.69, 9.17) is 5.11 Å². The summed E-state index contributed by atoms with van der Waals surface area (Å²) >= 11 is 0. The predicted molar refractivity (Wildman–Crippen MR) is 83.3 cm³/mol. The highest BCUT2D eigenvalue weighted by Crippen LogP contribution is 2.30. The number of carbonyl (C=O) groups is 3. The van der Waals surface area contributed by atoms with Gasteiger partial charge in [0.15, 0.2) is 0 Å². The van der Waals surface area contributed by atoms with E-state index in [1.165, 1.54) is 9.80 Å². The SMILES string of the molecule is CN(C(=O)O)C1CCC(CN2C(=O)c3ccccc3C2=O)CC1. The third kappa shape index (κ3) is 2.81. The van der Waals surface area contributed by atoms with Crippen LogP contribution in [-0.2, 0) is 0 Å². The summed E-state index contributed by atoms with van der Waals surface area (Å²) < 4.78 is 0. The highest BCUT2D eigenvalue weighted by atomic mass is 16.4.